The van der Waals surface area contributed by atoms with Crippen LogP contribution in [0.5, 0.6) is 0 Å². The van der Waals surface area contributed by atoms with Gasteiger partial charge in [-0.05, 0) is 27.2 Å². The van der Waals surface area contributed by atoms with Gasteiger partial charge in [0.15, 0.2) is 0 Å². The molecule has 0 bridgehead atoms. The first kappa shape index (κ1) is 11.6. The minimum Gasteiger partial charge on any atom is -0.324 e. The number of hydrogen-bond donors (Lipinski definition) is 0. The highest BCUT2D eigenvalue weighted by Gasteiger charge is 2.55. The molecular weight excluding hydrogens is 205 g/mol. The minimum atomic E-state index is -0.400. The second-order valence-corrected chi connectivity index (χ2v) is 5.68. The van der Waals surface area contributed by atoms with E-state index in [-0.39, 0.29) is 0 Å². The number of hydrogen-bond acceptors (Lipinski definition) is 0. The van der Waals surface area contributed by atoms with Crippen molar-refractivity contribution in [2.45, 2.75) is 31.5 Å². The van der Waals surface area contributed by atoms with Gasteiger partial charge >= 0.3 is 0 Å². The fourth-order valence-corrected chi connectivity index (χ4v) is 2.50. The van der Waals surface area contributed by atoms with Crippen molar-refractivity contribution in [1.29, 1.82) is 0 Å². The third-order valence-electron chi connectivity index (χ3n) is 3.58. The third kappa shape index (κ3) is 2.51. The summed E-state index contributed by atoms with van der Waals surface area (Å²) in [5.74, 6) is 0.524. The van der Waals surface area contributed by atoms with E-state index >= 15 is 0 Å². The standard InChI is InChI=1S/C10H20Cl2N/c1-4-13(5-2,6-3)8-9-7-10(9,11)12/h9H,4-8H2,1-3H3/q+1/t9-/m1/s1. The van der Waals surface area contributed by atoms with Crippen LogP contribution < -0.4 is 0 Å². The predicted octanol–water partition coefficient (Wildman–Crippen LogP) is 3.06. The molecule has 78 valence electrons. The monoisotopic (exact) mass is 224 g/mol. The van der Waals surface area contributed by atoms with Gasteiger partial charge in [-0.1, -0.05) is 0 Å². The molecule has 1 fully saturated rings. The molecule has 3 heteroatoms. The number of halogens is 2. The molecule has 1 aliphatic carbocycles. The van der Waals surface area contributed by atoms with Gasteiger partial charge in [-0.2, -0.15) is 0 Å². The van der Waals surface area contributed by atoms with Gasteiger partial charge in [0.25, 0.3) is 0 Å². The second-order valence-electron chi connectivity index (χ2n) is 4.13. The van der Waals surface area contributed by atoms with E-state index in [1.807, 2.05) is 0 Å². The molecule has 0 aliphatic heterocycles. The lowest BCUT2D eigenvalue weighted by molar-refractivity contribution is -0.924. The van der Waals surface area contributed by atoms with Gasteiger partial charge in [-0.3, -0.25) is 0 Å². The summed E-state index contributed by atoms with van der Waals surface area (Å²) in [4.78, 5) is 0. The van der Waals surface area contributed by atoms with Crippen LogP contribution in [-0.4, -0.2) is 35.0 Å². The molecular formula is C10H20Cl2N+. The van der Waals surface area contributed by atoms with E-state index in [0.29, 0.717) is 5.92 Å². The van der Waals surface area contributed by atoms with Crippen LogP contribution in [-0.2, 0) is 0 Å². The zero-order valence-electron chi connectivity index (χ0n) is 8.82. The van der Waals surface area contributed by atoms with Gasteiger partial charge in [0.2, 0.25) is 0 Å². The Kier molecular flexibility index (Phi) is 3.54. The topological polar surface area (TPSA) is 0 Å². The highest BCUT2D eigenvalue weighted by molar-refractivity contribution is 6.50. The smallest absolute Gasteiger partial charge is 0.127 e. The zero-order chi connectivity index (χ0) is 10.1. The van der Waals surface area contributed by atoms with Crippen molar-refractivity contribution in [1.82, 2.24) is 0 Å². The van der Waals surface area contributed by atoms with Crippen LogP contribution in [0.1, 0.15) is 27.2 Å². The molecule has 0 N–H and O–H groups in total. The Morgan fingerprint density at radius 1 is 1.15 bits per heavy atom. The van der Waals surface area contributed by atoms with Crippen LogP contribution in [0.25, 0.3) is 0 Å². The zero-order valence-corrected chi connectivity index (χ0v) is 10.3. The summed E-state index contributed by atoms with van der Waals surface area (Å²) in [6.45, 7) is 11.5. The highest BCUT2D eigenvalue weighted by Crippen LogP contribution is 2.53. The summed E-state index contributed by atoms with van der Waals surface area (Å²) in [6.07, 6.45) is 0.982. The largest absolute Gasteiger partial charge is 0.324 e. The molecule has 0 aromatic heterocycles. The Labute approximate surface area is 91.6 Å². The molecule has 0 saturated heterocycles. The maximum Gasteiger partial charge on any atom is 0.127 e. The molecule has 0 aromatic carbocycles. The van der Waals surface area contributed by atoms with Crippen LogP contribution in [0.15, 0.2) is 0 Å². The Morgan fingerprint density at radius 2 is 1.54 bits per heavy atom. The van der Waals surface area contributed by atoms with E-state index in [1.165, 1.54) is 19.6 Å². The van der Waals surface area contributed by atoms with Gasteiger partial charge in [-0.15, -0.1) is 23.2 Å². The lowest BCUT2D eigenvalue weighted by atomic mass is 10.2. The van der Waals surface area contributed by atoms with Gasteiger partial charge in [0.1, 0.15) is 4.33 Å². The predicted molar refractivity (Wildman–Crippen MR) is 59.3 cm³/mol. The van der Waals surface area contributed by atoms with E-state index in [2.05, 4.69) is 20.8 Å². The number of nitrogens with zero attached hydrogens (tertiary/aromatic N) is 1. The number of quaternary nitrogens is 1. The second kappa shape index (κ2) is 3.96. The SMILES string of the molecule is CC[N+](CC)(CC)C[C@H]1CC1(Cl)Cl. The van der Waals surface area contributed by atoms with Gasteiger partial charge < -0.3 is 4.48 Å². The summed E-state index contributed by atoms with van der Waals surface area (Å²) in [7, 11) is 0. The van der Waals surface area contributed by atoms with Crippen molar-refractivity contribution < 1.29 is 4.48 Å². The summed E-state index contributed by atoms with van der Waals surface area (Å²) in [5, 5.41) is 0. The molecule has 0 unspecified atom stereocenters. The fraction of sp³-hybridized carbons (Fsp3) is 1.00. The maximum atomic E-state index is 6.04. The van der Waals surface area contributed by atoms with Crippen molar-refractivity contribution in [3.63, 3.8) is 0 Å². The van der Waals surface area contributed by atoms with Crippen LogP contribution in [0.4, 0.5) is 0 Å². The van der Waals surface area contributed by atoms with Crippen LogP contribution >= 0.6 is 23.2 Å². The number of rotatable bonds is 5. The molecule has 1 nitrogen and oxygen atoms in total. The first-order valence-corrected chi connectivity index (χ1v) is 5.98. The van der Waals surface area contributed by atoms with Gasteiger partial charge in [-0.25, -0.2) is 0 Å². The first-order valence-electron chi connectivity index (χ1n) is 5.22. The van der Waals surface area contributed by atoms with Crippen molar-refractivity contribution in [2.24, 2.45) is 5.92 Å². The highest BCUT2D eigenvalue weighted by atomic mass is 35.5. The summed E-state index contributed by atoms with van der Waals surface area (Å²) < 4.78 is 0.759. The third-order valence-corrected chi connectivity index (χ3v) is 4.50. The summed E-state index contributed by atoms with van der Waals surface area (Å²) >= 11 is 12.1. The van der Waals surface area contributed by atoms with Crippen LogP contribution in [0.2, 0.25) is 0 Å². The van der Waals surface area contributed by atoms with Crippen LogP contribution in [0, 0.1) is 5.92 Å². The van der Waals surface area contributed by atoms with Crippen molar-refractivity contribution >= 4 is 23.2 Å². The Bertz CT molecular complexity index is 167. The molecule has 0 amide bonds. The molecule has 1 atom stereocenters. The number of alkyl halides is 2. The molecule has 0 spiro atoms. The minimum absolute atomic E-state index is 0.400. The Morgan fingerprint density at radius 3 is 1.77 bits per heavy atom. The fourth-order valence-electron chi connectivity index (χ4n) is 1.99. The van der Waals surface area contributed by atoms with Crippen molar-refractivity contribution in [3.05, 3.63) is 0 Å². The van der Waals surface area contributed by atoms with E-state index < -0.39 is 4.33 Å². The molecule has 13 heavy (non-hydrogen) atoms. The molecule has 0 radical (unpaired) electrons. The molecule has 0 heterocycles. The average molecular weight is 225 g/mol. The van der Waals surface area contributed by atoms with Crippen molar-refractivity contribution in [3.8, 4) is 0 Å². The quantitative estimate of drug-likeness (QED) is 0.498. The van der Waals surface area contributed by atoms with E-state index in [0.717, 1.165) is 17.4 Å². The summed E-state index contributed by atoms with van der Waals surface area (Å²) in [5.41, 5.74) is 0. The lowest BCUT2D eigenvalue weighted by Crippen LogP contribution is -2.49. The normalized spacial score (nSPS) is 26.1. The summed E-state index contributed by atoms with van der Waals surface area (Å²) in [6, 6.07) is 0. The van der Waals surface area contributed by atoms with E-state index in [9.17, 15) is 0 Å². The van der Waals surface area contributed by atoms with Gasteiger partial charge in [0, 0.05) is 5.92 Å². The molecule has 1 rings (SSSR count). The molecule has 1 saturated carbocycles. The lowest BCUT2D eigenvalue weighted by Gasteiger charge is -2.36. The van der Waals surface area contributed by atoms with E-state index in [1.54, 1.807) is 0 Å². The van der Waals surface area contributed by atoms with Crippen LogP contribution in [0.3, 0.4) is 0 Å². The van der Waals surface area contributed by atoms with Crippen molar-refractivity contribution in [2.75, 3.05) is 26.2 Å². The first-order chi connectivity index (χ1) is 5.99. The maximum absolute atomic E-state index is 6.04. The molecule has 0 aromatic rings. The van der Waals surface area contributed by atoms with Gasteiger partial charge in [0.05, 0.1) is 26.2 Å². The average Bonchev–Trinajstić information content (AvgIpc) is 2.70. The van der Waals surface area contributed by atoms with E-state index in [4.69, 9.17) is 23.2 Å². The Balaban J connectivity index is 2.49. The Hall–Kier alpha value is 0.540. The molecule has 1 aliphatic rings.